The van der Waals surface area contributed by atoms with Crippen molar-refractivity contribution in [2.45, 2.75) is 12.3 Å². The molecule has 19 heavy (non-hydrogen) atoms. The van der Waals surface area contributed by atoms with E-state index in [4.69, 9.17) is 9.84 Å². The lowest BCUT2D eigenvalue weighted by atomic mass is 10.0. The van der Waals surface area contributed by atoms with E-state index in [1.165, 1.54) is 12.1 Å². The molecule has 0 radical (unpaired) electrons. The number of nitrogens with one attached hydrogen (secondary N) is 1. The molecule has 1 aromatic carbocycles. The summed E-state index contributed by atoms with van der Waals surface area (Å²) in [6, 6.07) is 9.38. The van der Waals surface area contributed by atoms with Gasteiger partial charge in [-0.05, 0) is 24.3 Å². The molecule has 0 fully saturated rings. The zero-order chi connectivity index (χ0) is 13.7. The minimum absolute atomic E-state index is 0.0458. The molecule has 0 aliphatic carbocycles. The molecule has 0 aliphatic rings. The molecule has 0 saturated heterocycles. The van der Waals surface area contributed by atoms with E-state index in [0.717, 1.165) is 5.69 Å². The van der Waals surface area contributed by atoms with Crippen LogP contribution in [0.3, 0.4) is 0 Å². The summed E-state index contributed by atoms with van der Waals surface area (Å²) in [7, 11) is 0. The van der Waals surface area contributed by atoms with E-state index in [1.807, 2.05) is 6.07 Å². The molecule has 0 aliphatic heterocycles. The van der Waals surface area contributed by atoms with Crippen molar-refractivity contribution < 1.29 is 19.0 Å². The Balaban J connectivity index is 2.02. The van der Waals surface area contributed by atoms with E-state index in [1.54, 1.807) is 24.4 Å². The number of rotatable bonds is 6. The van der Waals surface area contributed by atoms with Crippen molar-refractivity contribution >= 4 is 5.97 Å². The third kappa shape index (κ3) is 3.84. The molecule has 1 atom stereocenters. The monoisotopic (exact) mass is 263 g/mol. The Morgan fingerprint density at radius 1 is 1.37 bits per heavy atom. The topological polar surface area (TPSA) is 62.3 Å². The Labute approximate surface area is 109 Å². The van der Waals surface area contributed by atoms with Crippen molar-refractivity contribution in [1.29, 1.82) is 0 Å². The van der Waals surface area contributed by atoms with Gasteiger partial charge < -0.3 is 14.8 Å². The fourth-order valence-electron chi connectivity index (χ4n) is 1.82. The van der Waals surface area contributed by atoms with E-state index in [-0.39, 0.29) is 24.8 Å². The van der Waals surface area contributed by atoms with Crippen LogP contribution in [0, 0.1) is 5.82 Å². The summed E-state index contributed by atoms with van der Waals surface area (Å²) >= 11 is 0. The molecule has 1 unspecified atom stereocenters. The van der Waals surface area contributed by atoms with Crippen LogP contribution in [0.15, 0.2) is 42.6 Å². The van der Waals surface area contributed by atoms with Crippen LogP contribution in [0.2, 0.25) is 0 Å². The molecule has 5 heteroatoms. The number of aliphatic carboxylic acids is 1. The number of hydrogen-bond donors (Lipinski definition) is 2. The highest BCUT2D eigenvalue weighted by molar-refractivity contribution is 5.67. The number of carboxylic acids is 1. The fraction of sp³-hybridized carbons (Fsp3) is 0.214. The van der Waals surface area contributed by atoms with Gasteiger partial charge in [0.05, 0.1) is 13.0 Å². The number of aromatic nitrogens is 1. The Bertz CT molecular complexity index is 539. The van der Waals surface area contributed by atoms with Crippen LogP contribution in [0.1, 0.15) is 18.0 Å². The lowest BCUT2D eigenvalue weighted by Gasteiger charge is -2.14. The van der Waals surface area contributed by atoms with Gasteiger partial charge in [0.25, 0.3) is 0 Å². The molecule has 0 saturated carbocycles. The number of hydrogen-bond acceptors (Lipinski definition) is 2. The number of halogens is 1. The zero-order valence-electron chi connectivity index (χ0n) is 10.2. The Morgan fingerprint density at radius 3 is 2.84 bits per heavy atom. The maximum atomic E-state index is 13.0. The maximum absolute atomic E-state index is 13.0. The van der Waals surface area contributed by atoms with Crippen molar-refractivity contribution in [3.05, 3.63) is 54.1 Å². The van der Waals surface area contributed by atoms with Crippen molar-refractivity contribution in [2.75, 3.05) is 6.61 Å². The Morgan fingerprint density at radius 2 is 2.21 bits per heavy atom. The van der Waals surface area contributed by atoms with Crippen molar-refractivity contribution in [3.63, 3.8) is 0 Å². The van der Waals surface area contributed by atoms with Gasteiger partial charge in [-0.1, -0.05) is 6.07 Å². The van der Waals surface area contributed by atoms with Crippen LogP contribution in [-0.4, -0.2) is 22.7 Å². The molecule has 0 spiro atoms. The number of H-pyrrole nitrogens is 1. The third-order valence-corrected chi connectivity index (χ3v) is 2.73. The summed E-state index contributed by atoms with van der Waals surface area (Å²) in [5, 5.41) is 8.89. The molecule has 0 bridgehead atoms. The second-order valence-electron chi connectivity index (χ2n) is 4.19. The first-order chi connectivity index (χ1) is 9.15. The molecule has 2 aromatic rings. The van der Waals surface area contributed by atoms with E-state index >= 15 is 0 Å². The van der Waals surface area contributed by atoms with Gasteiger partial charge in [-0.25, -0.2) is 4.39 Å². The van der Waals surface area contributed by atoms with Gasteiger partial charge in [0.1, 0.15) is 11.6 Å². The van der Waals surface area contributed by atoms with Gasteiger partial charge in [0.2, 0.25) is 0 Å². The van der Waals surface area contributed by atoms with Crippen LogP contribution in [0.5, 0.6) is 5.75 Å². The molecule has 4 nitrogen and oxygen atoms in total. The highest BCUT2D eigenvalue weighted by atomic mass is 19.1. The predicted molar refractivity (Wildman–Crippen MR) is 67.7 cm³/mol. The molecule has 100 valence electrons. The van der Waals surface area contributed by atoms with Crippen molar-refractivity contribution in [3.8, 4) is 5.75 Å². The van der Waals surface area contributed by atoms with Gasteiger partial charge in [0, 0.05) is 23.9 Å². The van der Waals surface area contributed by atoms with Crippen LogP contribution in [0.4, 0.5) is 4.39 Å². The quantitative estimate of drug-likeness (QED) is 0.842. The number of carbonyl (C=O) groups is 1. The predicted octanol–water partition coefficient (Wildman–Crippen LogP) is 2.79. The Kier molecular flexibility index (Phi) is 4.18. The van der Waals surface area contributed by atoms with Gasteiger partial charge in [-0.2, -0.15) is 0 Å². The second kappa shape index (κ2) is 6.04. The second-order valence-corrected chi connectivity index (χ2v) is 4.19. The van der Waals surface area contributed by atoms with E-state index < -0.39 is 5.97 Å². The maximum Gasteiger partial charge on any atom is 0.304 e. The lowest BCUT2D eigenvalue weighted by molar-refractivity contribution is -0.137. The van der Waals surface area contributed by atoms with E-state index in [0.29, 0.717) is 5.75 Å². The van der Waals surface area contributed by atoms with Crippen molar-refractivity contribution in [2.24, 2.45) is 0 Å². The minimum atomic E-state index is -0.901. The van der Waals surface area contributed by atoms with E-state index in [9.17, 15) is 9.18 Å². The highest BCUT2D eigenvalue weighted by Gasteiger charge is 2.17. The van der Waals surface area contributed by atoms with Gasteiger partial charge in [-0.3, -0.25) is 4.79 Å². The molecule has 1 heterocycles. The van der Waals surface area contributed by atoms with Crippen molar-refractivity contribution in [1.82, 2.24) is 4.98 Å². The lowest BCUT2D eigenvalue weighted by Crippen LogP contribution is -2.15. The summed E-state index contributed by atoms with van der Waals surface area (Å²) < 4.78 is 18.4. The molecule has 2 rings (SSSR count). The largest absolute Gasteiger partial charge is 0.493 e. The summed E-state index contributed by atoms with van der Waals surface area (Å²) in [6.07, 6.45) is 1.68. The number of ether oxygens (including phenoxy) is 1. The summed E-state index contributed by atoms with van der Waals surface area (Å²) in [6.45, 7) is 0.177. The van der Waals surface area contributed by atoms with Crippen LogP contribution < -0.4 is 4.74 Å². The smallest absolute Gasteiger partial charge is 0.304 e. The average molecular weight is 263 g/mol. The van der Waals surface area contributed by atoms with Gasteiger partial charge >= 0.3 is 5.97 Å². The van der Waals surface area contributed by atoms with Crippen LogP contribution in [0.25, 0.3) is 0 Å². The molecule has 2 N–H and O–H groups in total. The summed E-state index contributed by atoms with van der Waals surface area (Å²) in [4.78, 5) is 13.8. The molecular weight excluding hydrogens is 249 g/mol. The minimum Gasteiger partial charge on any atom is -0.493 e. The first kappa shape index (κ1) is 13.1. The molecular formula is C14H14FNO3. The number of aromatic amines is 1. The van der Waals surface area contributed by atoms with Gasteiger partial charge in [0.15, 0.2) is 0 Å². The normalized spacial score (nSPS) is 12.1. The number of benzene rings is 1. The van der Waals surface area contributed by atoms with Crippen LogP contribution >= 0.6 is 0 Å². The summed E-state index contributed by atoms with van der Waals surface area (Å²) in [5.41, 5.74) is 0.791. The van der Waals surface area contributed by atoms with Crippen LogP contribution in [-0.2, 0) is 4.79 Å². The SMILES string of the molecule is O=C(O)CC(COc1cccc(F)c1)c1ccc[nH]1. The molecule has 0 amide bonds. The standard InChI is InChI=1S/C14H14FNO3/c15-11-3-1-4-12(8-11)19-9-10(7-14(17)18)13-5-2-6-16-13/h1-6,8,10,16H,7,9H2,(H,17,18). The fourth-order valence-corrected chi connectivity index (χ4v) is 1.82. The molecule has 1 aromatic heterocycles. The average Bonchev–Trinajstić information content (AvgIpc) is 2.88. The Hall–Kier alpha value is -2.30. The van der Waals surface area contributed by atoms with Gasteiger partial charge in [-0.15, -0.1) is 0 Å². The first-order valence-electron chi connectivity index (χ1n) is 5.88. The first-order valence-corrected chi connectivity index (χ1v) is 5.88. The highest BCUT2D eigenvalue weighted by Crippen LogP contribution is 2.20. The summed E-state index contributed by atoms with van der Waals surface area (Å²) in [5.74, 6) is -1.19. The zero-order valence-corrected chi connectivity index (χ0v) is 10.2. The number of carboxylic acid groups (broad SMARTS) is 1. The third-order valence-electron chi connectivity index (χ3n) is 2.73. The van der Waals surface area contributed by atoms with E-state index in [2.05, 4.69) is 4.98 Å².